The van der Waals surface area contributed by atoms with Gasteiger partial charge in [-0.15, -0.1) is 0 Å². The molecule has 0 saturated heterocycles. The van der Waals surface area contributed by atoms with Gasteiger partial charge in [0, 0.05) is 17.5 Å². The number of anilines is 1. The Morgan fingerprint density at radius 3 is 2.60 bits per heavy atom. The Bertz CT molecular complexity index is 620. The smallest absolute Gasteiger partial charge is 0.221 e. The van der Waals surface area contributed by atoms with Crippen molar-refractivity contribution in [1.29, 1.82) is 0 Å². The van der Waals surface area contributed by atoms with Crippen molar-refractivity contribution in [2.24, 2.45) is 0 Å². The van der Waals surface area contributed by atoms with Crippen LogP contribution in [0.2, 0.25) is 0 Å². The molecule has 0 aliphatic carbocycles. The Morgan fingerprint density at radius 1 is 1.40 bits per heavy atom. The summed E-state index contributed by atoms with van der Waals surface area (Å²) in [6.45, 7) is 1.95. The van der Waals surface area contributed by atoms with Gasteiger partial charge in [-0.25, -0.2) is 8.42 Å². The highest BCUT2D eigenvalue weighted by molar-refractivity contribution is 7.94. The van der Waals surface area contributed by atoms with Gasteiger partial charge in [-0.2, -0.15) is 0 Å². The molecule has 108 valence electrons. The van der Waals surface area contributed by atoms with Crippen molar-refractivity contribution in [2.45, 2.75) is 25.3 Å². The number of hydrogen-bond acceptors (Lipinski definition) is 4. The van der Waals surface area contributed by atoms with Gasteiger partial charge in [0.05, 0.1) is 11.8 Å². The lowest BCUT2D eigenvalue weighted by atomic mass is 9.97. The molecule has 20 heavy (non-hydrogen) atoms. The van der Waals surface area contributed by atoms with E-state index < -0.39 is 15.9 Å². The van der Waals surface area contributed by atoms with E-state index in [1.54, 1.807) is 12.1 Å². The van der Waals surface area contributed by atoms with E-state index in [2.05, 4.69) is 5.32 Å². The van der Waals surface area contributed by atoms with Gasteiger partial charge in [0.1, 0.15) is 0 Å². The minimum atomic E-state index is -3.14. The molecule has 5 nitrogen and oxygen atoms in total. The number of nitrogens with one attached hydrogen (secondary N) is 1. The van der Waals surface area contributed by atoms with E-state index in [1.165, 1.54) is 6.08 Å². The van der Waals surface area contributed by atoms with Crippen LogP contribution < -0.4 is 11.1 Å². The number of amides is 1. The summed E-state index contributed by atoms with van der Waals surface area (Å²) in [6.07, 6.45) is 1.83. The van der Waals surface area contributed by atoms with E-state index in [0.717, 1.165) is 11.0 Å². The number of nitrogen functional groups attached to an aromatic ring is 1. The lowest BCUT2D eigenvalue weighted by molar-refractivity contribution is -0.121. The van der Waals surface area contributed by atoms with Crippen LogP contribution in [0.5, 0.6) is 0 Å². The summed E-state index contributed by atoms with van der Waals surface area (Å²) in [5, 5.41) is 3.87. The SMILES string of the molecule is CC(CC(=O)NC1C=CS(=O)(=O)C1)c1ccc(N)cc1. The maximum Gasteiger partial charge on any atom is 0.221 e. The van der Waals surface area contributed by atoms with Crippen LogP contribution in [0.1, 0.15) is 24.8 Å². The first-order chi connectivity index (χ1) is 9.35. The number of carbonyl (C=O) groups is 1. The van der Waals surface area contributed by atoms with Crippen LogP contribution in [0, 0.1) is 0 Å². The van der Waals surface area contributed by atoms with E-state index in [4.69, 9.17) is 5.73 Å². The van der Waals surface area contributed by atoms with E-state index in [-0.39, 0.29) is 17.6 Å². The summed E-state index contributed by atoms with van der Waals surface area (Å²) in [7, 11) is -3.14. The van der Waals surface area contributed by atoms with Gasteiger partial charge in [0.15, 0.2) is 9.84 Å². The highest BCUT2D eigenvalue weighted by Gasteiger charge is 2.23. The van der Waals surface area contributed by atoms with Gasteiger partial charge in [0.2, 0.25) is 5.91 Å². The molecule has 0 radical (unpaired) electrons. The molecule has 0 spiro atoms. The highest BCUT2D eigenvalue weighted by Crippen LogP contribution is 2.20. The topological polar surface area (TPSA) is 89.3 Å². The molecule has 1 amide bonds. The number of benzene rings is 1. The summed E-state index contributed by atoms with van der Waals surface area (Å²) < 4.78 is 22.5. The van der Waals surface area contributed by atoms with E-state index in [9.17, 15) is 13.2 Å². The quantitative estimate of drug-likeness (QED) is 0.816. The second kappa shape index (κ2) is 5.66. The van der Waals surface area contributed by atoms with Crippen LogP contribution in [0.25, 0.3) is 0 Å². The maximum atomic E-state index is 11.9. The molecular formula is C14H18N2O3S. The minimum absolute atomic E-state index is 0.0466. The first-order valence-corrected chi connectivity index (χ1v) is 8.13. The second-order valence-corrected chi connectivity index (χ2v) is 7.04. The Labute approximate surface area is 118 Å². The van der Waals surface area contributed by atoms with Crippen molar-refractivity contribution in [1.82, 2.24) is 5.32 Å². The maximum absolute atomic E-state index is 11.9. The summed E-state index contributed by atoms with van der Waals surface area (Å²) in [5.41, 5.74) is 7.34. The highest BCUT2D eigenvalue weighted by atomic mass is 32.2. The Balaban J connectivity index is 1.89. The van der Waals surface area contributed by atoms with Gasteiger partial charge in [-0.3, -0.25) is 4.79 Å². The molecule has 1 aromatic carbocycles. The molecule has 6 heteroatoms. The summed E-state index contributed by atoms with van der Waals surface area (Å²) in [4.78, 5) is 11.9. The number of sulfone groups is 1. The van der Waals surface area contributed by atoms with E-state index >= 15 is 0 Å². The van der Waals surface area contributed by atoms with Crippen molar-refractivity contribution in [3.8, 4) is 0 Å². The van der Waals surface area contributed by atoms with Gasteiger partial charge in [0.25, 0.3) is 0 Å². The first kappa shape index (κ1) is 14.6. The molecule has 3 N–H and O–H groups in total. The number of carbonyl (C=O) groups excluding carboxylic acids is 1. The van der Waals surface area contributed by atoms with Crippen molar-refractivity contribution in [3.05, 3.63) is 41.3 Å². The summed E-state index contributed by atoms with van der Waals surface area (Å²) >= 11 is 0. The van der Waals surface area contributed by atoms with Gasteiger partial charge >= 0.3 is 0 Å². The molecule has 0 bridgehead atoms. The predicted octanol–water partition coefficient (Wildman–Crippen LogP) is 1.19. The van der Waals surface area contributed by atoms with Crippen molar-refractivity contribution < 1.29 is 13.2 Å². The molecule has 0 saturated carbocycles. The predicted molar refractivity (Wildman–Crippen MR) is 78.7 cm³/mol. The molecule has 0 aromatic heterocycles. The Morgan fingerprint density at radius 2 is 2.05 bits per heavy atom. The van der Waals surface area contributed by atoms with Crippen LogP contribution in [-0.2, 0) is 14.6 Å². The van der Waals surface area contributed by atoms with Crippen LogP contribution in [0.15, 0.2) is 35.7 Å². The average Bonchev–Trinajstić information content (AvgIpc) is 2.69. The molecular weight excluding hydrogens is 276 g/mol. The largest absolute Gasteiger partial charge is 0.399 e. The second-order valence-electron chi connectivity index (χ2n) is 5.10. The fourth-order valence-electron chi connectivity index (χ4n) is 2.15. The molecule has 1 heterocycles. The van der Waals surface area contributed by atoms with Crippen LogP contribution in [0.3, 0.4) is 0 Å². The Kier molecular flexibility index (Phi) is 4.13. The third-order valence-electron chi connectivity index (χ3n) is 3.27. The van der Waals surface area contributed by atoms with Crippen molar-refractivity contribution in [2.75, 3.05) is 11.5 Å². The zero-order valence-electron chi connectivity index (χ0n) is 11.2. The third kappa shape index (κ3) is 3.84. The normalized spacial score (nSPS) is 21.6. The molecule has 0 fully saturated rings. The van der Waals surface area contributed by atoms with Crippen LogP contribution in [-0.4, -0.2) is 26.1 Å². The van der Waals surface area contributed by atoms with Crippen LogP contribution in [0.4, 0.5) is 5.69 Å². The van der Waals surface area contributed by atoms with Gasteiger partial charge in [-0.05, 0) is 29.7 Å². The zero-order chi connectivity index (χ0) is 14.8. The minimum Gasteiger partial charge on any atom is -0.399 e. The molecule has 2 unspecified atom stereocenters. The fraction of sp³-hybridized carbons (Fsp3) is 0.357. The molecule has 1 aromatic rings. The first-order valence-electron chi connectivity index (χ1n) is 6.41. The molecule has 2 atom stereocenters. The lowest BCUT2D eigenvalue weighted by Gasteiger charge is -2.14. The monoisotopic (exact) mass is 294 g/mol. The Hall–Kier alpha value is -1.82. The van der Waals surface area contributed by atoms with Crippen molar-refractivity contribution >= 4 is 21.4 Å². The van der Waals surface area contributed by atoms with E-state index in [0.29, 0.717) is 12.1 Å². The summed E-state index contributed by atoms with van der Waals surface area (Å²) in [6, 6.07) is 6.98. The van der Waals surface area contributed by atoms with Crippen molar-refractivity contribution in [3.63, 3.8) is 0 Å². The number of rotatable bonds is 4. The summed E-state index contributed by atoms with van der Waals surface area (Å²) in [5.74, 6) is -0.145. The average molecular weight is 294 g/mol. The third-order valence-corrected chi connectivity index (χ3v) is 4.67. The fourth-order valence-corrected chi connectivity index (χ4v) is 3.39. The van der Waals surface area contributed by atoms with Gasteiger partial charge < -0.3 is 11.1 Å². The lowest BCUT2D eigenvalue weighted by Crippen LogP contribution is -2.35. The van der Waals surface area contributed by atoms with E-state index in [1.807, 2.05) is 19.1 Å². The number of hydrogen-bond donors (Lipinski definition) is 2. The van der Waals surface area contributed by atoms with Crippen LogP contribution >= 0.6 is 0 Å². The molecule has 1 aliphatic heterocycles. The molecule has 2 rings (SSSR count). The van der Waals surface area contributed by atoms with Gasteiger partial charge in [-0.1, -0.05) is 19.1 Å². The zero-order valence-corrected chi connectivity index (χ0v) is 12.1. The molecule has 1 aliphatic rings. The standard InChI is InChI=1S/C14H18N2O3S/c1-10(11-2-4-12(15)5-3-11)8-14(17)16-13-6-7-20(18,19)9-13/h2-7,10,13H,8-9,15H2,1H3,(H,16,17). The number of nitrogens with two attached hydrogens (primary N) is 1.